The molecule has 0 bridgehead atoms. The Labute approximate surface area is 185 Å². The standard InChI is InChI=1S/C17H24N8O5S2/c1-22-15-11(3-2-4-12(15)23-9-26)10-5-6-13(31(27,28)8-7-18)16(32(21,29)30)14(10)17(24-19)25-20/h2-6,9,22H,7-8,18-20H2,1H3,(H,23,26)(H,24,25)(H2,21,29,30). The fourth-order valence-corrected chi connectivity index (χ4v) is 5.98. The van der Waals surface area contributed by atoms with Crippen LogP contribution in [0.5, 0.6) is 0 Å². The Morgan fingerprint density at radius 3 is 2.31 bits per heavy atom. The minimum atomic E-state index is -4.65. The van der Waals surface area contributed by atoms with E-state index in [1.807, 2.05) is 0 Å². The highest BCUT2D eigenvalue weighted by Gasteiger charge is 2.32. The van der Waals surface area contributed by atoms with Crippen molar-refractivity contribution >= 4 is 43.5 Å². The van der Waals surface area contributed by atoms with E-state index in [9.17, 15) is 21.6 Å². The van der Waals surface area contributed by atoms with Crippen LogP contribution in [0.2, 0.25) is 0 Å². The number of nitrogens with two attached hydrogens (primary N) is 4. The normalized spacial score (nSPS) is 12.3. The first-order valence-electron chi connectivity index (χ1n) is 8.96. The van der Waals surface area contributed by atoms with Gasteiger partial charge in [0, 0.05) is 24.7 Å². The minimum absolute atomic E-state index is 0.168. The van der Waals surface area contributed by atoms with Gasteiger partial charge in [0.15, 0.2) is 15.7 Å². The lowest BCUT2D eigenvalue weighted by Crippen LogP contribution is -2.35. The molecule has 2 rings (SSSR count). The Bertz CT molecular complexity index is 1260. The van der Waals surface area contributed by atoms with Crippen LogP contribution in [0.25, 0.3) is 11.1 Å². The first-order chi connectivity index (χ1) is 15.1. The van der Waals surface area contributed by atoms with E-state index in [0.29, 0.717) is 23.3 Å². The molecule has 0 fully saturated rings. The van der Waals surface area contributed by atoms with Gasteiger partial charge in [0.05, 0.1) is 22.0 Å². The number of hydrogen-bond donors (Lipinski definition) is 7. The van der Waals surface area contributed by atoms with Crippen LogP contribution in [0.3, 0.4) is 0 Å². The van der Waals surface area contributed by atoms with E-state index in [2.05, 4.69) is 21.2 Å². The molecule has 15 heteroatoms. The third-order valence-corrected chi connectivity index (χ3v) is 7.36. The van der Waals surface area contributed by atoms with Crippen LogP contribution in [-0.4, -0.2) is 48.4 Å². The van der Waals surface area contributed by atoms with Crippen LogP contribution in [-0.2, 0) is 24.7 Å². The molecule has 0 saturated heterocycles. The highest BCUT2D eigenvalue weighted by Crippen LogP contribution is 2.39. The maximum atomic E-state index is 12.8. The second kappa shape index (κ2) is 9.92. The molecule has 0 aliphatic heterocycles. The summed E-state index contributed by atoms with van der Waals surface area (Å²) in [5.41, 5.74) is 8.60. The van der Waals surface area contributed by atoms with E-state index in [1.54, 1.807) is 25.2 Å². The molecule has 1 amide bonds. The molecule has 32 heavy (non-hydrogen) atoms. The number of amidine groups is 1. The molecule has 0 atom stereocenters. The maximum Gasteiger partial charge on any atom is 0.240 e. The van der Waals surface area contributed by atoms with Crippen LogP contribution in [0.4, 0.5) is 11.4 Å². The average Bonchev–Trinajstić information content (AvgIpc) is 2.73. The van der Waals surface area contributed by atoms with Crippen molar-refractivity contribution in [3.05, 3.63) is 35.9 Å². The van der Waals surface area contributed by atoms with Crippen molar-refractivity contribution in [2.75, 3.05) is 30.0 Å². The fourth-order valence-electron chi connectivity index (χ4n) is 3.22. The number of hydrazone groups is 1. The number of hydrazine groups is 1. The third-order valence-electron chi connectivity index (χ3n) is 4.45. The zero-order chi connectivity index (χ0) is 24.1. The van der Waals surface area contributed by atoms with Crippen molar-refractivity contribution in [1.29, 1.82) is 0 Å². The molecule has 2 aromatic carbocycles. The summed E-state index contributed by atoms with van der Waals surface area (Å²) >= 11 is 0. The molecule has 174 valence electrons. The lowest BCUT2D eigenvalue weighted by atomic mass is 9.96. The number of para-hydroxylation sites is 1. The first kappa shape index (κ1) is 25.0. The van der Waals surface area contributed by atoms with Gasteiger partial charge in [0.2, 0.25) is 16.4 Å². The summed E-state index contributed by atoms with van der Waals surface area (Å²) in [6.07, 6.45) is 0.466. The second-order valence-electron chi connectivity index (χ2n) is 6.33. The molecule has 11 N–H and O–H groups in total. The summed E-state index contributed by atoms with van der Waals surface area (Å²) in [4.78, 5) is 9.66. The van der Waals surface area contributed by atoms with Gasteiger partial charge in [0.1, 0.15) is 4.90 Å². The summed E-state index contributed by atoms with van der Waals surface area (Å²) in [6, 6.07) is 7.26. The minimum Gasteiger partial charge on any atom is -0.386 e. The molecule has 2 aromatic rings. The van der Waals surface area contributed by atoms with Crippen molar-refractivity contribution in [2.45, 2.75) is 9.79 Å². The van der Waals surface area contributed by atoms with Gasteiger partial charge >= 0.3 is 0 Å². The number of anilines is 2. The highest BCUT2D eigenvalue weighted by atomic mass is 32.2. The van der Waals surface area contributed by atoms with Crippen molar-refractivity contribution in [2.24, 2.45) is 27.7 Å². The van der Waals surface area contributed by atoms with E-state index in [0.717, 1.165) is 6.07 Å². The number of nitrogens with zero attached hydrogens (tertiary/aromatic N) is 1. The van der Waals surface area contributed by atoms with E-state index in [1.165, 1.54) is 6.07 Å². The number of benzene rings is 2. The van der Waals surface area contributed by atoms with Crippen LogP contribution >= 0.6 is 0 Å². The lowest BCUT2D eigenvalue weighted by molar-refractivity contribution is -0.105. The highest BCUT2D eigenvalue weighted by molar-refractivity contribution is 7.93. The molecular formula is C17H24N8O5S2. The number of sulfone groups is 1. The number of carbonyl (C=O) groups is 1. The third kappa shape index (κ3) is 4.81. The van der Waals surface area contributed by atoms with Crippen LogP contribution in [0, 0.1) is 0 Å². The van der Waals surface area contributed by atoms with E-state index in [4.69, 9.17) is 22.6 Å². The van der Waals surface area contributed by atoms with Crippen molar-refractivity contribution < 1.29 is 21.6 Å². The summed E-state index contributed by atoms with van der Waals surface area (Å²) in [5.74, 6) is 10.0. The summed E-state index contributed by atoms with van der Waals surface area (Å²) in [6.45, 7) is -0.250. The molecule has 0 spiro atoms. The summed E-state index contributed by atoms with van der Waals surface area (Å²) in [5, 5.41) is 14.3. The Balaban J connectivity index is 3.13. The van der Waals surface area contributed by atoms with Gasteiger partial charge < -0.3 is 27.6 Å². The number of sulfonamides is 1. The van der Waals surface area contributed by atoms with Gasteiger partial charge in [-0.15, -0.1) is 0 Å². The summed E-state index contributed by atoms with van der Waals surface area (Å²) < 4.78 is 50.8. The zero-order valence-corrected chi connectivity index (χ0v) is 18.6. The summed E-state index contributed by atoms with van der Waals surface area (Å²) in [7, 11) is -7.22. The number of primary sulfonamides is 1. The predicted molar refractivity (Wildman–Crippen MR) is 122 cm³/mol. The van der Waals surface area contributed by atoms with Gasteiger partial charge in [-0.3, -0.25) is 4.79 Å². The Hall–Kier alpha value is -3.24. The number of nitrogens with one attached hydrogen (secondary N) is 3. The van der Waals surface area contributed by atoms with Crippen LogP contribution < -0.4 is 38.6 Å². The Morgan fingerprint density at radius 1 is 1.12 bits per heavy atom. The van der Waals surface area contributed by atoms with Gasteiger partial charge in [-0.2, -0.15) is 5.10 Å². The van der Waals surface area contributed by atoms with Crippen molar-refractivity contribution in [3.63, 3.8) is 0 Å². The smallest absolute Gasteiger partial charge is 0.240 e. The molecular weight excluding hydrogens is 460 g/mol. The number of hydrogen-bond acceptors (Lipinski definition) is 10. The SMILES string of the molecule is CNc1c(NC=O)cccc1-c1ccc(S(=O)(=O)CCN)c(S(N)(=O)=O)c1/C(=N/N)NN. The zero-order valence-electron chi connectivity index (χ0n) is 17.0. The van der Waals surface area contributed by atoms with E-state index < -0.39 is 35.4 Å². The quantitative estimate of drug-likeness (QED) is 0.0709. The topological polar surface area (TPSA) is 238 Å². The maximum absolute atomic E-state index is 12.8. The lowest BCUT2D eigenvalue weighted by Gasteiger charge is -2.21. The molecule has 0 aromatic heterocycles. The van der Waals surface area contributed by atoms with Gasteiger partial charge in [-0.25, -0.2) is 27.8 Å². The number of amides is 1. The van der Waals surface area contributed by atoms with E-state index >= 15 is 0 Å². The molecule has 0 radical (unpaired) electrons. The first-order valence-corrected chi connectivity index (χ1v) is 12.2. The predicted octanol–water partition coefficient (Wildman–Crippen LogP) is -1.57. The van der Waals surface area contributed by atoms with Crippen molar-refractivity contribution in [1.82, 2.24) is 5.43 Å². The number of rotatable bonds is 9. The molecule has 0 saturated carbocycles. The van der Waals surface area contributed by atoms with Crippen LogP contribution in [0.1, 0.15) is 5.56 Å². The Kier molecular flexibility index (Phi) is 7.76. The largest absolute Gasteiger partial charge is 0.386 e. The van der Waals surface area contributed by atoms with E-state index in [-0.39, 0.29) is 23.5 Å². The molecule has 0 aliphatic rings. The molecule has 0 heterocycles. The van der Waals surface area contributed by atoms with Crippen LogP contribution in [0.15, 0.2) is 45.2 Å². The van der Waals surface area contributed by atoms with Crippen molar-refractivity contribution in [3.8, 4) is 11.1 Å². The van der Waals surface area contributed by atoms with Gasteiger partial charge in [-0.05, 0) is 17.7 Å². The Morgan fingerprint density at radius 2 is 1.81 bits per heavy atom. The second-order valence-corrected chi connectivity index (χ2v) is 9.91. The van der Waals surface area contributed by atoms with Gasteiger partial charge in [-0.1, -0.05) is 18.2 Å². The average molecular weight is 485 g/mol. The van der Waals surface area contributed by atoms with Gasteiger partial charge in [0.25, 0.3) is 0 Å². The molecule has 0 unspecified atom stereocenters. The number of carbonyl (C=O) groups excluding carboxylic acids is 1. The fraction of sp³-hybridized carbons (Fsp3) is 0.176. The monoisotopic (exact) mass is 484 g/mol. The molecule has 13 nitrogen and oxygen atoms in total. The molecule has 0 aliphatic carbocycles.